The Balaban J connectivity index is 2.06. The van der Waals surface area contributed by atoms with Crippen molar-refractivity contribution in [3.05, 3.63) is 0 Å². The minimum Gasteiger partial charge on any atom is -0.469 e. The van der Waals surface area contributed by atoms with Crippen molar-refractivity contribution in [2.24, 2.45) is 0 Å². The Bertz CT molecular complexity index is 191. The lowest BCUT2D eigenvalue weighted by Gasteiger charge is -2.22. The Morgan fingerprint density at radius 1 is 1.64 bits per heavy atom. The second-order valence-corrected chi connectivity index (χ2v) is 5.59. The number of nitrogens with one attached hydrogen (secondary N) is 1. The van der Waals surface area contributed by atoms with Crippen LogP contribution in [0.25, 0.3) is 0 Å². The maximum absolute atomic E-state index is 10.8. The van der Waals surface area contributed by atoms with Crippen LogP contribution >= 0.6 is 11.8 Å². The van der Waals surface area contributed by atoms with Crippen LogP contribution in [-0.4, -0.2) is 36.7 Å². The number of hydrogen-bond acceptors (Lipinski definition) is 4. The van der Waals surface area contributed by atoms with Gasteiger partial charge in [0.15, 0.2) is 0 Å². The van der Waals surface area contributed by atoms with Gasteiger partial charge < -0.3 is 10.1 Å². The Morgan fingerprint density at radius 2 is 2.43 bits per heavy atom. The third kappa shape index (κ3) is 3.88. The summed E-state index contributed by atoms with van der Waals surface area (Å²) in [6.07, 6.45) is 3.07. The fourth-order valence-electron chi connectivity index (χ4n) is 1.62. The molecule has 0 aliphatic carbocycles. The van der Waals surface area contributed by atoms with E-state index in [-0.39, 0.29) is 5.97 Å². The minimum atomic E-state index is -0.137. The molecule has 0 aromatic carbocycles. The first-order chi connectivity index (χ1) is 6.66. The van der Waals surface area contributed by atoms with Gasteiger partial charge >= 0.3 is 5.97 Å². The highest BCUT2D eigenvalue weighted by molar-refractivity contribution is 8.00. The van der Waals surface area contributed by atoms with Crippen LogP contribution in [0.2, 0.25) is 0 Å². The van der Waals surface area contributed by atoms with Gasteiger partial charge in [0, 0.05) is 17.8 Å². The molecule has 4 heteroatoms. The summed E-state index contributed by atoms with van der Waals surface area (Å²) in [5.41, 5.74) is 0. The molecule has 0 aromatic rings. The van der Waals surface area contributed by atoms with Crippen molar-refractivity contribution in [3.63, 3.8) is 0 Å². The molecule has 1 aliphatic heterocycles. The first-order valence-corrected chi connectivity index (χ1v) is 6.06. The van der Waals surface area contributed by atoms with E-state index in [2.05, 4.69) is 17.0 Å². The third-order valence-corrected chi connectivity index (χ3v) is 4.07. The lowest BCUT2D eigenvalue weighted by atomic mass is 10.1. The van der Waals surface area contributed by atoms with Crippen LogP contribution in [0.1, 0.15) is 26.2 Å². The number of methoxy groups -OCH3 is 1. The van der Waals surface area contributed by atoms with Gasteiger partial charge in [0.1, 0.15) is 0 Å². The van der Waals surface area contributed by atoms with Crippen molar-refractivity contribution in [2.45, 2.75) is 30.9 Å². The van der Waals surface area contributed by atoms with Crippen molar-refractivity contribution in [2.75, 3.05) is 26.0 Å². The van der Waals surface area contributed by atoms with E-state index < -0.39 is 0 Å². The van der Waals surface area contributed by atoms with Crippen LogP contribution in [-0.2, 0) is 9.53 Å². The van der Waals surface area contributed by atoms with Crippen LogP contribution in [0.15, 0.2) is 0 Å². The van der Waals surface area contributed by atoms with Gasteiger partial charge in [-0.05, 0) is 25.5 Å². The molecule has 0 bridgehead atoms. The maximum atomic E-state index is 10.8. The number of rotatable bonds is 5. The van der Waals surface area contributed by atoms with Crippen molar-refractivity contribution >= 4 is 17.7 Å². The van der Waals surface area contributed by atoms with Gasteiger partial charge in [-0.2, -0.15) is 11.8 Å². The van der Waals surface area contributed by atoms with E-state index in [0.717, 1.165) is 13.1 Å². The van der Waals surface area contributed by atoms with E-state index >= 15 is 0 Å². The van der Waals surface area contributed by atoms with E-state index in [9.17, 15) is 4.79 Å². The van der Waals surface area contributed by atoms with Crippen molar-refractivity contribution in [3.8, 4) is 0 Å². The van der Waals surface area contributed by atoms with Crippen LogP contribution in [0.5, 0.6) is 0 Å². The number of carbonyl (C=O) groups is 1. The molecule has 1 unspecified atom stereocenters. The fraction of sp³-hybridized carbons (Fsp3) is 0.900. The van der Waals surface area contributed by atoms with E-state index in [1.807, 2.05) is 11.8 Å². The molecule has 1 atom stereocenters. The van der Waals surface area contributed by atoms with Gasteiger partial charge in [-0.25, -0.2) is 0 Å². The van der Waals surface area contributed by atoms with Gasteiger partial charge in [-0.3, -0.25) is 4.79 Å². The molecule has 1 N–H and O–H groups in total. The second-order valence-electron chi connectivity index (χ2n) is 3.90. The summed E-state index contributed by atoms with van der Waals surface area (Å²) in [4.78, 5) is 10.8. The van der Waals surface area contributed by atoms with Crippen LogP contribution in [0, 0.1) is 0 Å². The molecule has 14 heavy (non-hydrogen) atoms. The predicted octanol–water partition coefficient (Wildman–Crippen LogP) is 1.42. The number of thioether (sulfide) groups is 1. The third-order valence-electron chi connectivity index (χ3n) is 2.53. The zero-order chi connectivity index (χ0) is 10.4. The fourth-order valence-corrected chi connectivity index (χ4v) is 2.90. The molecule has 1 fully saturated rings. The molecule has 1 rings (SSSR count). The molecule has 0 spiro atoms. The molecule has 82 valence electrons. The van der Waals surface area contributed by atoms with E-state index in [1.165, 1.54) is 25.7 Å². The summed E-state index contributed by atoms with van der Waals surface area (Å²) in [7, 11) is 1.43. The summed E-state index contributed by atoms with van der Waals surface area (Å²) in [5.74, 6) is 1.14. The maximum Gasteiger partial charge on any atom is 0.306 e. The quantitative estimate of drug-likeness (QED) is 0.558. The largest absolute Gasteiger partial charge is 0.469 e. The Hall–Kier alpha value is -0.220. The first kappa shape index (κ1) is 11.9. The van der Waals surface area contributed by atoms with Gasteiger partial charge in [0.25, 0.3) is 0 Å². The number of carbonyl (C=O) groups excluding carboxylic acids is 1. The SMILES string of the molecule is COC(=O)CCNCC1(C)CCCS1. The van der Waals surface area contributed by atoms with Gasteiger partial charge in [-0.15, -0.1) is 0 Å². The Labute approximate surface area is 90.0 Å². The highest BCUT2D eigenvalue weighted by atomic mass is 32.2. The van der Waals surface area contributed by atoms with Crippen LogP contribution in [0.3, 0.4) is 0 Å². The van der Waals surface area contributed by atoms with Gasteiger partial charge in [-0.1, -0.05) is 0 Å². The number of esters is 1. The average molecular weight is 217 g/mol. The average Bonchev–Trinajstić information content (AvgIpc) is 2.60. The van der Waals surface area contributed by atoms with Crippen molar-refractivity contribution in [1.29, 1.82) is 0 Å². The molecule has 1 heterocycles. The van der Waals surface area contributed by atoms with Gasteiger partial charge in [0.05, 0.1) is 13.5 Å². The summed E-state index contributed by atoms with van der Waals surface area (Å²) in [6.45, 7) is 4.01. The molecular weight excluding hydrogens is 198 g/mol. The topological polar surface area (TPSA) is 38.3 Å². The minimum absolute atomic E-state index is 0.137. The Morgan fingerprint density at radius 3 is 3.00 bits per heavy atom. The zero-order valence-corrected chi connectivity index (χ0v) is 9.78. The smallest absolute Gasteiger partial charge is 0.306 e. The summed E-state index contributed by atoms with van der Waals surface area (Å²) >= 11 is 2.03. The second kappa shape index (κ2) is 5.61. The highest BCUT2D eigenvalue weighted by Crippen LogP contribution is 2.36. The normalized spacial score (nSPS) is 26.4. The number of hydrogen-bond donors (Lipinski definition) is 1. The van der Waals surface area contributed by atoms with Crippen LogP contribution in [0.4, 0.5) is 0 Å². The van der Waals surface area contributed by atoms with E-state index in [0.29, 0.717) is 11.2 Å². The summed E-state index contributed by atoms with van der Waals surface area (Å²) in [6, 6.07) is 0. The zero-order valence-electron chi connectivity index (χ0n) is 8.97. The van der Waals surface area contributed by atoms with E-state index in [4.69, 9.17) is 0 Å². The number of ether oxygens (including phenoxy) is 1. The standard InChI is InChI=1S/C10H19NO2S/c1-10(5-3-7-14-10)8-11-6-4-9(12)13-2/h11H,3-8H2,1-2H3. The first-order valence-electron chi connectivity index (χ1n) is 5.08. The predicted molar refractivity (Wildman–Crippen MR) is 59.6 cm³/mol. The molecule has 1 aliphatic rings. The van der Waals surface area contributed by atoms with Crippen LogP contribution < -0.4 is 5.32 Å². The lowest BCUT2D eigenvalue weighted by Crippen LogP contribution is -2.34. The molecule has 3 nitrogen and oxygen atoms in total. The van der Waals surface area contributed by atoms with E-state index in [1.54, 1.807) is 0 Å². The monoisotopic (exact) mass is 217 g/mol. The summed E-state index contributed by atoms with van der Waals surface area (Å²) in [5, 5.41) is 3.31. The molecule has 0 saturated carbocycles. The Kier molecular flexibility index (Phi) is 4.75. The lowest BCUT2D eigenvalue weighted by molar-refractivity contribution is -0.140. The van der Waals surface area contributed by atoms with Crippen molar-refractivity contribution < 1.29 is 9.53 Å². The highest BCUT2D eigenvalue weighted by Gasteiger charge is 2.28. The molecule has 0 aromatic heterocycles. The molecule has 1 saturated heterocycles. The van der Waals surface area contributed by atoms with Gasteiger partial charge in [0.2, 0.25) is 0 Å². The summed E-state index contributed by atoms with van der Waals surface area (Å²) < 4.78 is 4.95. The molecule has 0 amide bonds. The molecular formula is C10H19NO2S. The van der Waals surface area contributed by atoms with Crippen molar-refractivity contribution in [1.82, 2.24) is 5.32 Å². The molecule has 0 radical (unpaired) electrons.